The van der Waals surface area contributed by atoms with Gasteiger partial charge in [-0.3, -0.25) is 4.79 Å². The maximum absolute atomic E-state index is 12.6. The Hall–Kier alpha value is -2.18. The lowest BCUT2D eigenvalue weighted by Gasteiger charge is -2.22. The van der Waals surface area contributed by atoms with Crippen LogP contribution in [0.5, 0.6) is 0 Å². The van der Waals surface area contributed by atoms with Crippen molar-refractivity contribution in [3.05, 3.63) is 48.0 Å². The maximum Gasteiger partial charge on any atom is 0.265 e. The van der Waals surface area contributed by atoms with Crippen LogP contribution >= 0.6 is 0 Å². The van der Waals surface area contributed by atoms with Crippen LogP contribution in [0.4, 0.5) is 0 Å². The smallest absolute Gasteiger partial charge is 0.265 e. The van der Waals surface area contributed by atoms with E-state index in [0.717, 1.165) is 5.56 Å². The number of aliphatic hydroxyl groups excluding tert-OH is 1. The summed E-state index contributed by atoms with van der Waals surface area (Å²) in [6.07, 6.45) is 2.63. The van der Waals surface area contributed by atoms with Crippen LogP contribution in [0.15, 0.2) is 47.6 Å². The fourth-order valence-corrected chi connectivity index (χ4v) is 2.71. The first-order valence-corrected chi connectivity index (χ1v) is 6.72. The Morgan fingerprint density at radius 2 is 2.14 bits per heavy atom. The summed E-state index contributed by atoms with van der Waals surface area (Å²) in [4.78, 5) is 14.2. The molecule has 0 bridgehead atoms. The number of benzene rings is 1. The number of hydrogen-bond donors (Lipinski definition) is 2. The molecule has 1 spiro atoms. The molecule has 0 aromatic heterocycles. The van der Waals surface area contributed by atoms with Gasteiger partial charge in [0.1, 0.15) is 11.8 Å². The Balaban J connectivity index is 1.85. The van der Waals surface area contributed by atoms with E-state index in [1.54, 1.807) is 17.1 Å². The quantitative estimate of drug-likeness (QED) is 0.483. The molecule has 1 fully saturated rings. The van der Waals surface area contributed by atoms with Gasteiger partial charge in [0.15, 0.2) is 0 Å². The number of carbonyl (C=O) groups is 1. The van der Waals surface area contributed by atoms with Crippen molar-refractivity contribution >= 4 is 11.6 Å². The summed E-state index contributed by atoms with van der Waals surface area (Å²) in [5, 5.41) is 21.6. The molecular formula is C15H16N2O4. The third-order valence-corrected chi connectivity index (χ3v) is 3.77. The molecule has 2 heterocycles. The normalized spacial score (nSPS) is 30.0. The SMILES string of the molecule is O=C1N(Cc2ccccc2)C/C(=N\O)[C@]12C=C[C@@H](CO)O2. The maximum atomic E-state index is 12.6. The van der Waals surface area contributed by atoms with Gasteiger partial charge in [-0.15, -0.1) is 0 Å². The largest absolute Gasteiger partial charge is 0.411 e. The van der Waals surface area contributed by atoms with Crippen LogP contribution in [0.1, 0.15) is 5.56 Å². The van der Waals surface area contributed by atoms with Crippen LogP contribution in [-0.2, 0) is 16.1 Å². The first-order chi connectivity index (χ1) is 10.2. The van der Waals surface area contributed by atoms with E-state index >= 15 is 0 Å². The molecule has 3 rings (SSSR count). The summed E-state index contributed by atoms with van der Waals surface area (Å²) in [7, 11) is 0. The van der Waals surface area contributed by atoms with E-state index in [9.17, 15) is 10.0 Å². The molecule has 0 saturated carbocycles. The molecule has 0 aliphatic carbocycles. The Bertz CT molecular complexity index is 599. The van der Waals surface area contributed by atoms with Gasteiger partial charge in [-0.2, -0.15) is 0 Å². The second-order valence-corrected chi connectivity index (χ2v) is 5.13. The van der Waals surface area contributed by atoms with Gasteiger partial charge in [-0.05, 0) is 11.6 Å². The summed E-state index contributed by atoms with van der Waals surface area (Å²) >= 11 is 0. The number of aliphatic hydroxyl groups is 1. The minimum Gasteiger partial charge on any atom is -0.411 e. The molecule has 0 unspecified atom stereocenters. The Kier molecular flexibility index (Phi) is 3.48. The highest BCUT2D eigenvalue weighted by atomic mass is 16.5. The Labute approximate surface area is 121 Å². The first-order valence-electron chi connectivity index (χ1n) is 6.72. The second-order valence-electron chi connectivity index (χ2n) is 5.13. The van der Waals surface area contributed by atoms with Crippen molar-refractivity contribution in [3.63, 3.8) is 0 Å². The number of nitrogens with zero attached hydrogens (tertiary/aromatic N) is 2. The minimum absolute atomic E-state index is 0.201. The molecule has 1 amide bonds. The van der Waals surface area contributed by atoms with Crippen molar-refractivity contribution in [1.29, 1.82) is 0 Å². The van der Waals surface area contributed by atoms with Crippen LogP contribution in [0.25, 0.3) is 0 Å². The average Bonchev–Trinajstić information content (AvgIpc) is 3.06. The molecule has 0 radical (unpaired) electrons. The molecule has 6 heteroatoms. The van der Waals surface area contributed by atoms with Crippen LogP contribution < -0.4 is 0 Å². The Morgan fingerprint density at radius 3 is 2.76 bits per heavy atom. The van der Waals surface area contributed by atoms with Crippen LogP contribution in [-0.4, -0.2) is 51.7 Å². The fourth-order valence-electron chi connectivity index (χ4n) is 2.71. The fraction of sp³-hybridized carbons (Fsp3) is 0.333. The molecule has 2 aliphatic heterocycles. The summed E-state index contributed by atoms with van der Waals surface area (Å²) < 4.78 is 5.60. The first kappa shape index (κ1) is 13.8. The lowest BCUT2D eigenvalue weighted by Crippen LogP contribution is -2.44. The van der Waals surface area contributed by atoms with E-state index in [1.807, 2.05) is 30.3 Å². The van der Waals surface area contributed by atoms with Crippen molar-refractivity contribution in [2.24, 2.45) is 5.16 Å². The predicted molar refractivity (Wildman–Crippen MR) is 74.9 cm³/mol. The van der Waals surface area contributed by atoms with E-state index < -0.39 is 11.7 Å². The van der Waals surface area contributed by atoms with E-state index in [1.165, 1.54) is 0 Å². The standard InChI is InChI=1S/C15H16N2O4/c18-10-12-6-7-15(21-12)13(16-20)9-17(14(15)19)8-11-4-2-1-3-5-11/h1-7,12,18,20H,8-10H2/b16-13+/t12-,15+/m0/s1. The molecule has 2 N–H and O–H groups in total. The molecular weight excluding hydrogens is 272 g/mol. The molecule has 1 aromatic carbocycles. The van der Waals surface area contributed by atoms with E-state index in [-0.39, 0.29) is 24.8 Å². The van der Waals surface area contributed by atoms with Gasteiger partial charge in [0.05, 0.1) is 13.2 Å². The number of rotatable bonds is 3. The van der Waals surface area contributed by atoms with Gasteiger partial charge in [-0.1, -0.05) is 41.6 Å². The van der Waals surface area contributed by atoms with Gasteiger partial charge in [-0.25, -0.2) is 0 Å². The number of oxime groups is 1. The molecule has 2 atom stereocenters. The molecule has 1 saturated heterocycles. The lowest BCUT2D eigenvalue weighted by atomic mass is 10.0. The molecule has 21 heavy (non-hydrogen) atoms. The van der Waals surface area contributed by atoms with Gasteiger partial charge < -0.3 is 20.0 Å². The lowest BCUT2D eigenvalue weighted by molar-refractivity contribution is -0.143. The third-order valence-electron chi connectivity index (χ3n) is 3.77. The highest BCUT2D eigenvalue weighted by Gasteiger charge is 2.55. The third kappa shape index (κ3) is 2.22. The van der Waals surface area contributed by atoms with Gasteiger partial charge in [0.25, 0.3) is 5.91 Å². The van der Waals surface area contributed by atoms with Gasteiger partial charge in [0.2, 0.25) is 5.60 Å². The van der Waals surface area contributed by atoms with E-state index in [2.05, 4.69) is 5.16 Å². The highest BCUT2D eigenvalue weighted by molar-refractivity contribution is 6.20. The Morgan fingerprint density at radius 1 is 1.38 bits per heavy atom. The van der Waals surface area contributed by atoms with Crippen LogP contribution in [0.2, 0.25) is 0 Å². The van der Waals surface area contributed by atoms with E-state index in [0.29, 0.717) is 6.54 Å². The number of hydrogen-bond acceptors (Lipinski definition) is 5. The molecule has 6 nitrogen and oxygen atoms in total. The molecule has 2 aliphatic rings. The highest BCUT2D eigenvalue weighted by Crippen LogP contribution is 2.33. The zero-order valence-electron chi connectivity index (χ0n) is 11.3. The van der Waals surface area contributed by atoms with Gasteiger partial charge >= 0.3 is 0 Å². The summed E-state index contributed by atoms with van der Waals surface area (Å²) in [5.74, 6) is -0.272. The molecule has 1 aromatic rings. The van der Waals surface area contributed by atoms with Crippen molar-refractivity contribution in [1.82, 2.24) is 4.90 Å². The van der Waals surface area contributed by atoms with Crippen molar-refractivity contribution in [3.8, 4) is 0 Å². The minimum atomic E-state index is -1.36. The van der Waals surface area contributed by atoms with Crippen molar-refractivity contribution in [2.45, 2.75) is 18.2 Å². The second kappa shape index (κ2) is 5.31. The predicted octanol–water partition coefficient (Wildman–Crippen LogP) is 0.545. The van der Waals surface area contributed by atoms with Crippen molar-refractivity contribution < 1.29 is 19.8 Å². The number of ether oxygens (including phenoxy) is 1. The zero-order chi connectivity index (χ0) is 14.9. The summed E-state index contributed by atoms with van der Waals surface area (Å²) in [6.45, 7) is 0.400. The topological polar surface area (TPSA) is 82.4 Å². The van der Waals surface area contributed by atoms with Crippen LogP contribution in [0.3, 0.4) is 0 Å². The molecule has 110 valence electrons. The monoisotopic (exact) mass is 288 g/mol. The summed E-state index contributed by atoms with van der Waals surface area (Å²) in [6, 6.07) is 9.57. The van der Waals surface area contributed by atoms with Crippen LogP contribution in [0, 0.1) is 0 Å². The van der Waals surface area contributed by atoms with E-state index in [4.69, 9.17) is 9.84 Å². The summed E-state index contributed by atoms with van der Waals surface area (Å²) in [5.41, 5.74) is -0.131. The average molecular weight is 288 g/mol. The number of amides is 1. The number of carbonyl (C=O) groups excluding carboxylic acids is 1. The number of likely N-dealkylation sites (tertiary alicyclic amines) is 1. The van der Waals surface area contributed by atoms with Crippen molar-refractivity contribution in [2.75, 3.05) is 13.2 Å². The van der Waals surface area contributed by atoms with Gasteiger partial charge in [0, 0.05) is 6.54 Å². The zero-order valence-corrected chi connectivity index (χ0v) is 11.3.